The summed E-state index contributed by atoms with van der Waals surface area (Å²) in [6.45, 7) is 1.35. The van der Waals surface area contributed by atoms with E-state index < -0.39 is 0 Å². The standard InChI is InChI=1S/C8H20N2O2.H2NO.Na/c1-10(9-12-2)7-5-3-4-6-8-11;1-2;/h9,11H,3-8H2,1-2H3;1H2;/q;-1;+1/p+1. The molecule has 0 amide bonds. The molecule has 0 bridgehead atoms. The maximum atomic E-state index is 8.52. The van der Waals surface area contributed by atoms with Crippen LogP contribution in [-0.2, 0) is 4.84 Å². The molecule has 0 atom stereocenters. The number of unbranched alkanes of at least 4 members (excludes halogenated alkanes) is 3. The van der Waals surface area contributed by atoms with Crippen molar-refractivity contribution in [2.45, 2.75) is 25.7 Å². The van der Waals surface area contributed by atoms with Gasteiger partial charge in [-0.25, -0.2) is 0 Å². The number of quaternary nitrogens is 1. The number of nitrogens with zero attached hydrogens (tertiary/aromatic N) is 1. The normalized spacial score (nSPS) is 9.20. The molecule has 0 aromatic rings. The summed E-state index contributed by atoms with van der Waals surface area (Å²) in [6.07, 6.45) is 4.40. The molecule has 0 saturated heterocycles. The number of aliphatic hydroxyl groups excluding tert-OH is 1. The first kappa shape index (κ1) is 21.1. The van der Waals surface area contributed by atoms with Gasteiger partial charge < -0.3 is 16.2 Å². The van der Waals surface area contributed by atoms with Crippen LogP contribution in [-0.4, -0.2) is 37.4 Å². The molecule has 0 radical (unpaired) electrons. The van der Waals surface area contributed by atoms with Crippen LogP contribution in [0.25, 0.3) is 0 Å². The fourth-order valence-corrected chi connectivity index (χ4v) is 1.06. The van der Waals surface area contributed by atoms with Crippen molar-refractivity contribution in [1.29, 1.82) is 0 Å². The van der Waals surface area contributed by atoms with Gasteiger partial charge >= 0.3 is 29.6 Å². The molecule has 0 heterocycles. The smallest absolute Gasteiger partial charge is 0.790 e. The molecule has 0 aromatic carbocycles. The van der Waals surface area contributed by atoms with Gasteiger partial charge in [-0.3, -0.25) is 0 Å². The summed E-state index contributed by atoms with van der Waals surface area (Å²) in [5.74, 6) is 3.25. The summed E-state index contributed by atoms with van der Waals surface area (Å²) in [4.78, 5) is 4.84. The third-order valence-electron chi connectivity index (χ3n) is 1.70. The van der Waals surface area contributed by atoms with E-state index in [1.165, 1.54) is 6.42 Å². The summed E-state index contributed by atoms with van der Waals surface area (Å²) in [6, 6.07) is 0. The molecule has 88 valence electrons. The van der Waals surface area contributed by atoms with Gasteiger partial charge in [0.1, 0.15) is 0 Å². The van der Waals surface area contributed by atoms with Crippen molar-refractivity contribution in [3.63, 3.8) is 0 Å². The van der Waals surface area contributed by atoms with E-state index in [1.807, 2.05) is 12.1 Å². The van der Waals surface area contributed by atoms with Crippen LogP contribution in [0.3, 0.4) is 0 Å². The van der Waals surface area contributed by atoms with Crippen molar-refractivity contribution in [1.82, 2.24) is 5.01 Å². The minimum atomic E-state index is 0. The molecule has 5 N–H and O–H groups in total. The number of aliphatic hydroxyl groups is 1. The Labute approximate surface area is 114 Å². The van der Waals surface area contributed by atoms with Crippen molar-refractivity contribution in [2.75, 3.05) is 27.3 Å². The maximum absolute atomic E-state index is 8.52. The quantitative estimate of drug-likeness (QED) is 0.171. The predicted molar refractivity (Wildman–Crippen MR) is 54.7 cm³/mol. The van der Waals surface area contributed by atoms with Crippen LogP contribution in [0.5, 0.6) is 0 Å². The van der Waals surface area contributed by atoms with Gasteiger partial charge in [0.15, 0.2) is 0 Å². The third-order valence-corrected chi connectivity index (χ3v) is 1.70. The van der Waals surface area contributed by atoms with Gasteiger partial charge in [0.25, 0.3) is 0 Å². The van der Waals surface area contributed by atoms with E-state index in [0.29, 0.717) is 6.61 Å². The Bertz CT molecular complexity index is 101. The van der Waals surface area contributed by atoms with Crippen molar-refractivity contribution >= 4 is 0 Å². The van der Waals surface area contributed by atoms with E-state index in [0.717, 1.165) is 25.8 Å². The monoisotopic (exact) mass is 232 g/mol. The zero-order valence-corrected chi connectivity index (χ0v) is 12.1. The first-order valence-electron chi connectivity index (χ1n) is 4.72. The Morgan fingerprint density at radius 2 is 1.80 bits per heavy atom. The van der Waals surface area contributed by atoms with Crippen LogP contribution in [0.1, 0.15) is 25.7 Å². The molecule has 0 unspecified atom stereocenters. The molecule has 15 heavy (non-hydrogen) atoms. The van der Waals surface area contributed by atoms with Crippen LogP contribution >= 0.6 is 0 Å². The van der Waals surface area contributed by atoms with E-state index in [-0.39, 0.29) is 29.6 Å². The van der Waals surface area contributed by atoms with Gasteiger partial charge in [0.2, 0.25) is 0 Å². The molecule has 0 spiro atoms. The van der Waals surface area contributed by atoms with Crippen LogP contribution in [0.15, 0.2) is 0 Å². The van der Waals surface area contributed by atoms with E-state index in [2.05, 4.69) is 5.90 Å². The molecule has 0 fully saturated rings. The Hall–Kier alpha value is 0.760. The molecular weight excluding hydrogens is 209 g/mol. The predicted octanol–water partition coefficient (Wildman–Crippen LogP) is -4.04. The topological polar surface area (TPSA) is 98.4 Å². The second-order valence-corrected chi connectivity index (χ2v) is 2.96. The number of nitrogens with two attached hydrogens (primary N) is 2. The van der Waals surface area contributed by atoms with E-state index in [4.69, 9.17) is 15.2 Å². The van der Waals surface area contributed by atoms with Crippen LogP contribution in [0, 0.1) is 5.21 Å². The van der Waals surface area contributed by atoms with E-state index in [1.54, 1.807) is 12.7 Å². The molecule has 0 aromatic heterocycles. The number of hydrogen-bond acceptors (Lipinski definition) is 5. The fraction of sp³-hybridized carbons (Fsp3) is 1.00. The van der Waals surface area contributed by atoms with Crippen molar-refractivity contribution in [3.8, 4) is 0 Å². The minimum absolute atomic E-state index is 0. The molecule has 0 aliphatic rings. The number of rotatable bonds is 8. The summed E-state index contributed by atoms with van der Waals surface area (Å²) in [5.41, 5.74) is 1.71. The van der Waals surface area contributed by atoms with Gasteiger partial charge in [0, 0.05) is 13.7 Å². The van der Waals surface area contributed by atoms with Crippen molar-refractivity contribution in [2.24, 2.45) is 5.90 Å². The molecule has 0 rings (SSSR count). The molecule has 0 saturated carbocycles. The van der Waals surface area contributed by atoms with E-state index >= 15 is 0 Å². The molecule has 0 aliphatic carbocycles. The zero-order chi connectivity index (χ0) is 11.2. The molecule has 6 nitrogen and oxygen atoms in total. The van der Waals surface area contributed by atoms with Gasteiger partial charge in [-0.1, -0.05) is 12.8 Å². The Kier molecular flexibility index (Phi) is 28.4. The second kappa shape index (κ2) is 20.2. The van der Waals surface area contributed by atoms with E-state index in [9.17, 15) is 0 Å². The first-order chi connectivity index (χ1) is 6.81. The second-order valence-electron chi connectivity index (χ2n) is 2.96. The fourth-order valence-electron chi connectivity index (χ4n) is 1.06. The summed E-state index contributed by atoms with van der Waals surface area (Å²) in [7, 11) is 3.65. The summed E-state index contributed by atoms with van der Waals surface area (Å²) < 4.78 is 0. The first-order valence-corrected chi connectivity index (χ1v) is 4.72. The molecule has 7 heteroatoms. The average Bonchev–Trinajstić information content (AvgIpc) is 2.21. The van der Waals surface area contributed by atoms with Crippen molar-refractivity contribution in [3.05, 3.63) is 5.21 Å². The Balaban J connectivity index is -0.000000449. The van der Waals surface area contributed by atoms with Gasteiger partial charge in [-0.15, -0.1) is 10.6 Å². The third kappa shape index (κ3) is 20.8. The zero-order valence-electron chi connectivity index (χ0n) is 10.1. The summed E-state index contributed by atoms with van der Waals surface area (Å²) in [5, 5.41) is 18.3. The Morgan fingerprint density at radius 3 is 2.27 bits per heavy atom. The van der Waals surface area contributed by atoms with Gasteiger partial charge in [0.05, 0.1) is 13.7 Å². The molecular formula is C8H23N3NaO3+. The summed E-state index contributed by atoms with van der Waals surface area (Å²) >= 11 is 0. The van der Waals surface area contributed by atoms with Gasteiger partial charge in [-0.2, -0.15) is 4.84 Å². The van der Waals surface area contributed by atoms with Crippen molar-refractivity contribution < 1.29 is 45.1 Å². The van der Waals surface area contributed by atoms with Crippen LogP contribution < -0.4 is 41.0 Å². The largest absolute Gasteiger partial charge is 1.00 e. The average molecular weight is 232 g/mol. The molecule has 0 aliphatic heterocycles. The van der Waals surface area contributed by atoms with Gasteiger partial charge in [-0.05, 0) is 12.8 Å². The Morgan fingerprint density at radius 1 is 1.27 bits per heavy atom. The maximum Gasteiger partial charge on any atom is 1.00 e. The van der Waals surface area contributed by atoms with Crippen LogP contribution in [0.4, 0.5) is 0 Å². The SMILES string of the molecule is CO[NH2+]N(C)CCCCCCO.N[O-].[Na+]. The van der Waals surface area contributed by atoms with Crippen LogP contribution in [0.2, 0.25) is 0 Å². The minimum Gasteiger partial charge on any atom is -0.790 e. The number of hydrogen-bond donors (Lipinski definition) is 3.